The number of likely N-dealkylation sites (N-methyl/N-ethyl adjacent to an activating group) is 1. The molecule has 1 heterocycles. The van der Waals surface area contributed by atoms with Gasteiger partial charge < -0.3 is 9.88 Å². The third-order valence-corrected chi connectivity index (χ3v) is 2.52. The van der Waals surface area contributed by atoms with E-state index in [0.29, 0.717) is 12.0 Å². The lowest BCUT2D eigenvalue weighted by Crippen LogP contribution is -2.32. The van der Waals surface area contributed by atoms with Crippen molar-refractivity contribution in [1.82, 2.24) is 9.88 Å². The molecule has 2 heteroatoms. The first-order chi connectivity index (χ1) is 6.13. The Morgan fingerprint density at radius 3 is 2.54 bits per heavy atom. The first kappa shape index (κ1) is 10.3. The van der Waals surface area contributed by atoms with Gasteiger partial charge in [0.1, 0.15) is 0 Å². The molecule has 1 unspecified atom stereocenters. The second kappa shape index (κ2) is 4.47. The molecule has 0 spiro atoms. The quantitative estimate of drug-likeness (QED) is 0.748. The summed E-state index contributed by atoms with van der Waals surface area (Å²) in [6.07, 6.45) is 5.41. The van der Waals surface area contributed by atoms with E-state index in [1.807, 2.05) is 7.05 Å². The van der Waals surface area contributed by atoms with Crippen LogP contribution in [0.15, 0.2) is 18.5 Å². The SMILES string of the molecule is CNC(Cc1ccn(C)c1)C(C)C. The van der Waals surface area contributed by atoms with Gasteiger partial charge in [0, 0.05) is 25.5 Å². The normalized spacial score (nSPS) is 13.6. The summed E-state index contributed by atoms with van der Waals surface area (Å²) in [6.45, 7) is 4.51. The fourth-order valence-corrected chi connectivity index (χ4v) is 1.61. The summed E-state index contributed by atoms with van der Waals surface area (Å²) in [7, 11) is 4.10. The highest BCUT2D eigenvalue weighted by Crippen LogP contribution is 2.09. The Labute approximate surface area is 81.0 Å². The number of hydrogen-bond donors (Lipinski definition) is 1. The van der Waals surface area contributed by atoms with Gasteiger partial charge in [-0.05, 0) is 31.0 Å². The number of rotatable bonds is 4. The van der Waals surface area contributed by atoms with E-state index in [-0.39, 0.29) is 0 Å². The molecule has 0 aliphatic carbocycles. The van der Waals surface area contributed by atoms with Gasteiger partial charge in [0.05, 0.1) is 0 Å². The molecule has 0 aromatic carbocycles. The Morgan fingerprint density at radius 2 is 2.15 bits per heavy atom. The van der Waals surface area contributed by atoms with Crippen LogP contribution in [0, 0.1) is 5.92 Å². The zero-order valence-electron chi connectivity index (χ0n) is 9.04. The average molecular weight is 180 g/mol. The number of hydrogen-bond acceptors (Lipinski definition) is 1. The molecule has 0 amide bonds. The zero-order chi connectivity index (χ0) is 9.84. The maximum atomic E-state index is 3.35. The minimum Gasteiger partial charge on any atom is -0.357 e. The Kier molecular flexibility index (Phi) is 3.55. The summed E-state index contributed by atoms with van der Waals surface area (Å²) in [5, 5.41) is 3.35. The van der Waals surface area contributed by atoms with Gasteiger partial charge in [-0.15, -0.1) is 0 Å². The maximum Gasteiger partial charge on any atom is 0.0128 e. The van der Waals surface area contributed by atoms with Crippen LogP contribution in [-0.2, 0) is 13.5 Å². The predicted octanol–water partition coefficient (Wildman–Crippen LogP) is 1.81. The van der Waals surface area contributed by atoms with Crippen molar-refractivity contribution in [3.63, 3.8) is 0 Å². The second-order valence-electron chi connectivity index (χ2n) is 4.03. The zero-order valence-corrected chi connectivity index (χ0v) is 9.04. The summed E-state index contributed by atoms with van der Waals surface area (Å²) < 4.78 is 2.10. The molecule has 0 saturated heterocycles. The molecule has 1 N–H and O–H groups in total. The summed E-state index contributed by atoms with van der Waals surface area (Å²) in [5.74, 6) is 0.685. The van der Waals surface area contributed by atoms with E-state index in [1.54, 1.807) is 0 Å². The Balaban J connectivity index is 2.56. The standard InChI is InChI=1S/C11H20N2/c1-9(2)11(12-3)7-10-5-6-13(4)8-10/h5-6,8-9,11-12H,7H2,1-4H3. The largest absolute Gasteiger partial charge is 0.357 e. The second-order valence-corrected chi connectivity index (χ2v) is 4.03. The predicted molar refractivity (Wildman–Crippen MR) is 56.8 cm³/mol. The first-order valence-electron chi connectivity index (χ1n) is 4.91. The number of nitrogens with one attached hydrogen (secondary N) is 1. The third kappa shape index (κ3) is 2.88. The van der Waals surface area contributed by atoms with Gasteiger partial charge in [-0.3, -0.25) is 0 Å². The molecule has 1 atom stereocenters. The summed E-state index contributed by atoms with van der Waals surface area (Å²) >= 11 is 0. The van der Waals surface area contributed by atoms with Gasteiger partial charge in [-0.25, -0.2) is 0 Å². The van der Waals surface area contributed by atoms with Crippen molar-refractivity contribution in [3.8, 4) is 0 Å². The van der Waals surface area contributed by atoms with Crippen molar-refractivity contribution in [2.45, 2.75) is 26.3 Å². The van der Waals surface area contributed by atoms with E-state index in [4.69, 9.17) is 0 Å². The van der Waals surface area contributed by atoms with Gasteiger partial charge in [0.25, 0.3) is 0 Å². The van der Waals surface area contributed by atoms with Crippen molar-refractivity contribution in [2.24, 2.45) is 13.0 Å². The highest BCUT2D eigenvalue weighted by atomic mass is 14.9. The molecule has 0 aliphatic heterocycles. The highest BCUT2D eigenvalue weighted by Gasteiger charge is 2.11. The van der Waals surface area contributed by atoms with Crippen molar-refractivity contribution < 1.29 is 0 Å². The minimum atomic E-state index is 0.586. The molecule has 1 aromatic heterocycles. The fraction of sp³-hybridized carbons (Fsp3) is 0.636. The van der Waals surface area contributed by atoms with Crippen LogP contribution in [0.3, 0.4) is 0 Å². The van der Waals surface area contributed by atoms with E-state index in [0.717, 1.165) is 6.42 Å². The van der Waals surface area contributed by atoms with Gasteiger partial charge in [-0.1, -0.05) is 13.8 Å². The molecule has 0 aliphatic rings. The van der Waals surface area contributed by atoms with Gasteiger partial charge in [0.2, 0.25) is 0 Å². The van der Waals surface area contributed by atoms with Crippen LogP contribution in [0.2, 0.25) is 0 Å². The lowest BCUT2D eigenvalue weighted by atomic mass is 9.98. The van der Waals surface area contributed by atoms with Gasteiger partial charge in [0.15, 0.2) is 0 Å². The summed E-state index contributed by atoms with van der Waals surface area (Å²) in [6, 6.07) is 2.77. The maximum absolute atomic E-state index is 3.35. The minimum absolute atomic E-state index is 0.586. The molecule has 0 fully saturated rings. The molecule has 0 radical (unpaired) electrons. The lowest BCUT2D eigenvalue weighted by molar-refractivity contribution is 0.424. The summed E-state index contributed by atoms with van der Waals surface area (Å²) in [4.78, 5) is 0. The van der Waals surface area contributed by atoms with Gasteiger partial charge >= 0.3 is 0 Å². The van der Waals surface area contributed by atoms with Crippen LogP contribution in [0.25, 0.3) is 0 Å². The first-order valence-corrected chi connectivity index (χ1v) is 4.91. The third-order valence-electron chi connectivity index (χ3n) is 2.52. The number of aryl methyl sites for hydroxylation is 1. The molecule has 0 bridgehead atoms. The molecule has 2 nitrogen and oxygen atoms in total. The number of nitrogens with zero attached hydrogens (tertiary/aromatic N) is 1. The van der Waals surface area contributed by atoms with E-state index in [2.05, 4.69) is 49.2 Å². The van der Waals surface area contributed by atoms with Gasteiger partial charge in [-0.2, -0.15) is 0 Å². The van der Waals surface area contributed by atoms with Crippen molar-refractivity contribution >= 4 is 0 Å². The van der Waals surface area contributed by atoms with E-state index in [1.165, 1.54) is 5.56 Å². The van der Waals surface area contributed by atoms with E-state index >= 15 is 0 Å². The topological polar surface area (TPSA) is 17.0 Å². The molecule has 1 aromatic rings. The van der Waals surface area contributed by atoms with Crippen LogP contribution in [-0.4, -0.2) is 17.7 Å². The molecular weight excluding hydrogens is 160 g/mol. The van der Waals surface area contributed by atoms with Crippen LogP contribution < -0.4 is 5.32 Å². The average Bonchev–Trinajstić information content (AvgIpc) is 2.46. The van der Waals surface area contributed by atoms with Crippen LogP contribution in [0.1, 0.15) is 19.4 Å². The molecule has 13 heavy (non-hydrogen) atoms. The van der Waals surface area contributed by atoms with Crippen molar-refractivity contribution in [1.29, 1.82) is 0 Å². The van der Waals surface area contributed by atoms with E-state index in [9.17, 15) is 0 Å². The van der Waals surface area contributed by atoms with Crippen LogP contribution in [0.5, 0.6) is 0 Å². The van der Waals surface area contributed by atoms with Crippen molar-refractivity contribution in [3.05, 3.63) is 24.0 Å². The Morgan fingerprint density at radius 1 is 1.46 bits per heavy atom. The fourth-order valence-electron chi connectivity index (χ4n) is 1.61. The Hall–Kier alpha value is -0.760. The van der Waals surface area contributed by atoms with Crippen LogP contribution >= 0.6 is 0 Å². The van der Waals surface area contributed by atoms with Crippen molar-refractivity contribution in [2.75, 3.05) is 7.05 Å². The molecule has 74 valence electrons. The molecular formula is C11H20N2. The molecule has 0 saturated carbocycles. The number of aromatic nitrogens is 1. The summed E-state index contributed by atoms with van der Waals surface area (Å²) in [5.41, 5.74) is 1.41. The lowest BCUT2D eigenvalue weighted by Gasteiger charge is -2.19. The smallest absolute Gasteiger partial charge is 0.0128 e. The van der Waals surface area contributed by atoms with Crippen LogP contribution in [0.4, 0.5) is 0 Å². The Bertz CT molecular complexity index is 250. The monoisotopic (exact) mass is 180 g/mol. The highest BCUT2D eigenvalue weighted by molar-refractivity contribution is 5.11. The van der Waals surface area contributed by atoms with E-state index < -0.39 is 0 Å². The molecule has 1 rings (SSSR count).